The number of hydrazone groups is 1. The number of carbonyl (C=O) groups is 1. The van der Waals surface area contributed by atoms with Gasteiger partial charge in [-0.3, -0.25) is 4.79 Å². The first-order valence-electron chi connectivity index (χ1n) is 12.8. The van der Waals surface area contributed by atoms with Crippen LogP contribution in [-0.2, 0) is 4.79 Å². The maximum Gasteiger partial charge on any atom is 0.248 e. The number of nitrogens with one attached hydrogen (secondary N) is 1. The summed E-state index contributed by atoms with van der Waals surface area (Å²) in [7, 11) is 5.55. The molecule has 1 aliphatic rings. The average molecular weight is 536 g/mol. The van der Waals surface area contributed by atoms with Crippen molar-refractivity contribution in [1.29, 1.82) is 0 Å². The SMILES string of the molecule is Cc1ccc(C2=NN(c3ccc(P)cc3P)C(C)(C(=O)NCCCC(C)(C)C)C2c2ccoc2)c(C)c1. The Morgan fingerprint density at radius 1 is 1.14 bits per heavy atom. The highest BCUT2D eigenvalue weighted by Gasteiger charge is 2.55. The standard InChI is InChI=1S/C30H39N3O2P2/c1-19-8-10-23(20(2)16-19)27-26(21-12-15-35-18-21)30(6,28(34)31-14-7-13-29(3,4)5)33(32-27)24-11-9-22(36)17-25(24)37/h8-12,15-18,26H,7,13-14,36-37H2,1-6H3,(H,31,34). The third-order valence-corrected chi connectivity index (χ3v) is 7.97. The molecule has 0 saturated carbocycles. The minimum absolute atomic E-state index is 0.0459. The van der Waals surface area contributed by atoms with Crippen molar-refractivity contribution >= 4 is 46.4 Å². The molecule has 7 heteroatoms. The second-order valence-electron chi connectivity index (χ2n) is 11.5. The highest BCUT2D eigenvalue weighted by Crippen LogP contribution is 2.45. The van der Waals surface area contributed by atoms with E-state index in [1.807, 2.05) is 30.1 Å². The topological polar surface area (TPSA) is 57.8 Å². The average Bonchev–Trinajstić information content (AvgIpc) is 3.43. The van der Waals surface area contributed by atoms with Crippen LogP contribution in [0.5, 0.6) is 0 Å². The van der Waals surface area contributed by atoms with Crippen LogP contribution in [0.1, 0.15) is 68.7 Å². The van der Waals surface area contributed by atoms with Crippen LogP contribution >= 0.6 is 18.5 Å². The molecule has 1 aromatic heterocycles. The van der Waals surface area contributed by atoms with E-state index in [0.717, 1.165) is 51.5 Å². The van der Waals surface area contributed by atoms with Crippen LogP contribution in [0.4, 0.5) is 5.69 Å². The summed E-state index contributed by atoms with van der Waals surface area (Å²) in [6.07, 6.45) is 5.37. The number of amides is 1. The number of anilines is 1. The molecule has 4 rings (SSSR count). The Kier molecular flexibility index (Phi) is 7.98. The van der Waals surface area contributed by atoms with Gasteiger partial charge >= 0.3 is 0 Å². The second-order valence-corrected chi connectivity index (χ2v) is 12.8. The minimum atomic E-state index is -1.01. The fourth-order valence-corrected chi connectivity index (χ4v) is 6.07. The largest absolute Gasteiger partial charge is 0.472 e. The number of nitrogens with zero attached hydrogens (tertiary/aromatic N) is 2. The van der Waals surface area contributed by atoms with Crippen molar-refractivity contribution in [3.05, 3.63) is 77.2 Å². The molecule has 0 fully saturated rings. The number of hydrogen-bond acceptors (Lipinski definition) is 4. The fraction of sp³-hybridized carbons (Fsp3) is 0.400. The monoisotopic (exact) mass is 535 g/mol. The maximum atomic E-state index is 14.2. The quantitative estimate of drug-likeness (QED) is 0.316. The molecular formula is C30H39N3O2P2. The molecule has 4 unspecified atom stereocenters. The van der Waals surface area contributed by atoms with E-state index in [1.54, 1.807) is 12.5 Å². The summed E-state index contributed by atoms with van der Waals surface area (Å²) in [6.45, 7) is 13.5. The summed E-state index contributed by atoms with van der Waals surface area (Å²) < 4.78 is 5.54. The molecule has 2 aromatic carbocycles. The van der Waals surface area contributed by atoms with Crippen LogP contribution in [0.2, 0.25) is 0 Å². The molecule has 0 bridgehead atoms. The Morgan fingerprint density at radius 2 is 1.89 bits per heavy atom. The molecule has 1 N–H and O–H groups in total. The van der Waals surface area contributed by atoms with E-state index >= 15 is 0 Å². The van der Waals surface area contributed by atoms with Gasteiger partial charge < -0.3 is 9.73 Å². The van der Waals surface area contributed by atoms with Gasteiger partial charge in [0.2, 0.25) is 5.91 Å². The molecule has 5 nitrogen and oxygen atoms in total. The molecule has 1 aliphatic heterocycles. The molecule has 0 saturated heterocycles. The van der Waals surface area contributed by atoms with Crippen LogP contribution in [0, 0.1) is 19.3 Å². The smallest absolute Gasteiger partial charge is 0.248 e. The molecule has 4 atom stereocenters. The van der Waals surface area contributed by atoms with E-state index in [-0.39, 0.29) is 17.2 Å². The molecular weight excluding hydrogens is 496 g/mol. The number of furan rings is 1. The summed E-state index contributed by atoms with van der Waals surface area (Å²) in [4.78, 5) is 14.2. The first-order chi connectivity index (χ1) is 17.4. The lowest BCUT2D eigenvalue weighted by molar-refractivity contribution is -0.126. The minimum Gasteiger partial charge on any atom is -0.472 e. The number of rotatable bonds is 7. The van der Waals surface area contributed by atoms with Gasteiger partial charge in [-0.05, 0) is 73.4 Å². The molecule has 0 radical (unpaired) electrons. The van der Waals surface area contributed by atoms with E-state index in [2.05, 4.69) is 82.7 Å². The predicted molar refractivity (Wildman–Crippen MR) is 162 cm³/mol. The molecule has 0 spiro atoms. The lowest BCUT2D eigenvalue weighted by Crippen LogP contribution is -2.57. The maximum absolute atomic E-state index is 14.2. The zero-order valence-corrected chi connectivity index (χ0v) is 25.1. The summed E-state index contributed by atoms with van der Waals surface area (Å²) in [5.74, 6) is -0.370. The van der Waals surface area contributed by atoms with Crippen molar-refractivity contribution < 1.29 is 9.21 Å². The first-order valence-corrected chi connectivity index (χ1v) is 14.0. The number of carbonyl (C=O) groups excluding carboxylic acids is 1. The lowest BCUT2D eigenvalue weighted by atomic mass is 9.75. The van der Waals surface area contributed by atoms with E-state index < -0.39 is 5.54 Å². The summed E-state index contributed by atoms with van der Waals surface area (Å²) in [5.41, 5.74) is 5.27. The van der Waals surface area contributed by atoms with Crippen molar-refractivity contribution in [3.63, 3.8) is 0 Å². The van der Waals surface area contributed by atoms with Gasteiger partial charge in [0, 0.05) is 17.7 Å². The Balaban J connectivity index is 1.84. The van der Waals surface area contributed by atoms with Crippen molar-refractivity contribution in [3.8, 4) is 0 Å². The van der Waals surface area contributed by atoms with Gasteiger partial charge in [0.05, 0.1) is 29.8 Å². The Morgan fingerprint density at radius 3 is 2.51 bits per heavy atom. The van der Waals surface area contributed by atoms with Crippen LogP contribution in [0.25, 0.3) is 0 Å². The number of hydrogen-bond donors (Lipinski definition) is 1. The summed E-state index contributed by atoms with van der Waals surface area (Å²) >= 11 is 0. The van der Waals surface area contributed by atoms with Gasteiger partial charge in [-0.1, -0.05) is 50.6 Å². The molecule has 196 valence electrons. The highest BCUT2D eigenvalue weighted by molar-refractivity contribution is 7.29. The number of benzene rings is 2. The van der Waals surface area contributed by atoms with E-state index in [4.69, 9.17) is 9.52 Å². The fourth-order valence-electron chi connectivity index (χ4n) is 5.19. The summed E-state index contributed by atoms with van der Waals surface area (Å²) in [6, 6.07) is 14.5. The molecule has 0 aliphatic carbocycles. The van der Waals surface area contributed by atoms with E-state index in [0.29, 0.717) is 6.54 Å². The second kappa shape index (κ2) is 10.7. The van der Waals surface area contributed by atoms with Crippen LogP contribution < -0.4 is 20.9 Å². The van der Waals surface area contributed by atoms with E-state index in [9.17, 15) is 4.79 Å². The molecule has 3 aromatic rings. The van der Waals surface area contributed by atoms with Crippen molar-refractivity contribution in [2.45, 2.75) is 65.8 Å². The van der Waals surface area contributed by atoms with Gasteiger partial charge in [-0.2, -0.15) is 5.10 Å². The van der Waals surface area contributed by atoms with Crippen LogP contribution in [0.3, 0.4) is 0 Å². The van der Waals surface area contributed by atoms with Gasteiger partial charge in [0.15, 0.2) is 5.54 Å². The van der Waals surface area contributed by atoms with Gasteiger partial charge in [-0.15, -0.1) is 18.5 Å². The third-order valence-electron chi connectivity index (χ3n) is 7.15. The summed E-state index contributed by atoms with van der Waals surface area (Å²) in [5, 5.41) is 12.5. The zero-order valence-electron chi connectivity index (χ0n) is 22.8. The van der Waals surface area contributed by atoms with Crippen molar-refractivity contribution in [2.75, 3.05) is 11.6 Å². The van der Waals surface area contributed by atoms with Gasteiger partial charge in [0.1, 0.15) is 0 Å². The van der Waals surface area contributed by atoms with Crippen LogP contribution in [-0.4, -0.2) is 23.7 Å². The molecule has 2 heterocycles. The van der Waals surface area contributed by atoms with Crippen LogP contribution in [0.15, 0.2) is 64.5 Å². The molecule has 1 amide bonds. The predicted octanol–water partition coefficient (Wildman–Crippen LogP) is 5.61. The van der Waals surface area contributed by atoms with E-state index in [1.165, 1.54) is 5.56 Å². The van der Waals surface area contributed by atoms with Gasteiger partial charge in [-0.25, -0.2) is 5.01 Å². The number of aryl methyl sites for hydroxylation is 2. The lowest BCUT2D eigenvalue weighted by Gasteiger charge is -2.38. The highest BCUT2D eigenvalue weighted by atomic mass is 31.0. The normalized spacial score (nSPS) is 19.7. The van der Waals surface area contributed by atoms with Crippen molar-refractivity contribution in [1.82, 2.24) is 5.32 Å². The molecule has 37 heavy (non-hydrogen) atoms. The zero-order chi connectivity index (χ0) is 27.0. The van der Waals surface area contributed by atoms with Crippen molar-refractivity contribution in [2.24, 2.45) is 10.5 Å². The Labute approximate surface area is 225 Å². The van der Waals surface area contributed by atoms with Gasteiger partial charge in [0.25, 0.3) is 0 Å². The first kappa shape index (κ1) is 27.6. The Hall–Kier alpha value is -2.48. The Bertz CT molecular complexity index is 1310. The third kappa shape index (κ3) is 5.69.